The number of Topliss-reactive ketones (excluding diaryl/α,β-unsaturated/α-hetero) is 1. The van der Waals surface area contributed by atoms with E-state index in [2.05, 4.69) is 0 Å². The lowest BCUT2D eigenvalue weighted by molar-refractivity contribution is 0.102. The van der Waals surface area contributed by atoms with Crippen LogP contribution in [0.5, 0.6) is 5.75 Å². The average Bonchev–Trinajstić information content (AvgIpc) is 2.03. The van der Waals surface area contributed by atoms with Crippen LogP contribution in [0.4, 0.5) is 0 Å². The number of alkyl halides is 1. The van der Waals surface area contributed by atoms with Crippen molar-refractivity contribution >= 4 is 28.4 Å². The maximum atomic E-state index is 11.0. The van der Waals surface area contributed by atoms with Crippen molar-refractivity contribution in [3.8, 4) is 5.75 Å². The fraction of sp³-hybridized carbons (Fsp3) is 0.125. The third-order valence-corrected chi connectivity index (χ3v) is 1.98. The highest BCUT2D eigenvalue weighted by Gasteiger charge is 2.02. The van der Waals surface area contributed by atoms with E-state index in [-0.39, 0.29) is 11.5 Å². The molecule has 0 saturated carbocycles. The summed E-state index contributed by atoms with van der Waals surface area (Å²) < 4.78 is 0.446. The quantitative estimate of drug-likeness (QED) is 0.503. The molecule has 0 aromatic heterocycles. The molecule has 0 heterocycles. The Morgan fingerprint density at radius 1 is 1.55 bits per heavy atom. The molecule has 2 nitrogen and oxygen atoms in total. The van der Waals surface area contributed by atoms with Gasteiger partial charge in [-0.3, -0.25) is 4.79 Å². The highest BCUT2D eigenvalue weighted by atomic mass is 127. The number of hydrogen-bond acceptors (Lipinski definition) is 2. The van der Waals surface area contributed by atoms with E-state index >= 15 is 0 Å². The van der Waals surface area contributed by atoms with Gasteiger partial charge in [0.25, 0.3) is 0 Å². The molecule has 0 amide bonds. The molecule has 0 radical (unpaired) electrons. The number of aromatic hydroxyl groups is 1. The molecule has 3 heteroatoms. The van der Waals surface area contributed by atoms with Crippen LogP contribution < -0.4 is 0 Å². The zero-order valence-electron chi connectivity index (χ0n) is 5.75. The van der Waals surface area contributed by atoms with E-state index in [0.29, 0.717) is 9.99 Å². The summed E-state index contributed by atoms with van der Waals surface area (Å²) in [4.78, 5) is 11.0. The van der Waals surface area contributed by atoms with Gasteiger partial charge < -0.3 is 5.11 Å². The first-order chi connectivity index (χ1) is 5.24. The zero-order valence-corrected chi connectivity index (χ0v) is 7.91. The summed E-state index contributed by atoms with van der Waals surface area (Å²) >= 11 is 2.00. The van der Waals surface area contributed by atoms with Crippen LogP contribution in [0.15, 0.2) is 24.3 Å². The van der Waals surface area contributed by atoms with Gasteiger partial charge in [-0.15, -0.1) is 0 Å². The van der Waals surface area contributed by atoms with E-state index in [1.807, 2.05) is 22.6 Å². The zero-order chi connectivity index (χ0) is 8.27. The first-order valence-corrected chi connectivity index (χ1v) is 4.65. The smallest absolute Gasteiger partial charge is 0.172 e. The summed E-state index contributed by atoms with van der Waals surface area (Å²) in [5, 5.41) is 9.00. The van der Waals surface area contributed by atoms with Crippen LogP contribution in [0.3, 0.4) is 0 Å². The first kappa shape index (κ1) is 8.52. The Hall–Kier alpha value is -0.580. The molecule has 0 spiro atoms. The molecule has 1 aromatic rings. The fourth-order valence-corrected chi connectivity index (χ4v) is 1.20. The minimum Gasteiger partial charge on any atom is -0.508 e. The van der Waals surface area contributed by atoms with Crippen molar-refractivity contribution in [1.29, 1.82) is 0 Å². The molecule has 0 atom stereocenters. The second-order valence-corrected chi connectivity index (χ2v) is 2.87. The molecular weight excluding hydrogens is 255 g/mol. The molecule has 0 unspecified atom stereocenters. The monoisotopic (exact) mass is 262 g/mol. The number of benzene rings is 1. The highest BCUT2D eigenvalue weighted by molar-refractivity contribution is 14.1. The fourth-order valence-electron chi connectivity index (χ4n) is 0.757. The van der Waals surface area contributed by atoms with Crippen LogP contribution in [-0.2, 0) is 0 Å². The lowest BCUT2D eigenvalue weighted by Crippen LogP contribution is -1.98. The standard InChI is InChI=1S/C8H7IO2/c9-5-8(11)6-2-1-3-7(10)4-6/h1-4,10H,5H2. The second-order valence-electron chi connectivity index (χ2n) is 2.11. The number of hydrogen-bond donors (Lipinski definition) is 1. The number of carbonyl (C=O) groups is 1. The van der Waals surface area contributed by atoms with Crippen LogP contribution in [0.1, 0.15) is 10.4 Å². The average molecular weight is 262 g/mol. The van der Waals surface area contributed by atoms with Crippen molar-refractivity contribution in [2.24, 2.45) is 0 Å². The van der Waals surface area contributed by atoms with E-state index in [4.69, 9.17) is 5.11 Å². The number of halogens is 1. The highest BCUT2D eigenvalue weighted by Crippen LogP contribution is 2.11. The maximum absolute atomic E-state index is 11.0. The van der Waals surface area contributed by atoms with E-state index < -0.39 is 0 Å². The molecule has 0 saturated heterocycles. The minimum atomic E-state index is 0.0431. The summed E-state index contributed by atoms with van der Waals surface area (Å²) in [6.07, 6.45) is 0. The number of ketones is 1. The Morgan fingerprint density at radius 2 is 2.27 bits per heavy atom. The van der Waals surface area contributed by atoms with Gasteiger partial charge in [0.15, 0.2) is 5.78 Å². The minimum absolute atomic E-state index is 0.0431. The Morgan fingerprint density at radius 3 is 2.82 bits per heavy atom. The van der Waals surface area contributed by atoms with Crippen molar-refractivity contribution in [1.82, 2.24) is 0 Å². The number of carbonyl (C=O) groups excluding carboxylic acids is 1. The number of rotatable bonds is 2. The number of phenols is 1. The second kappa shape index (κ2) is 3.71. The van der Waals surface area contributed by atoms with Gasteiger partial charge in [-0.05, 0) is 12.1 Å². The molecule has 0 aliphatic rings. The maximum Gasteiger partial charge on any atom is 0.172 e. The third kappa shape index (κ3) is 2.18. The van der Waals surface area contributed by atoms with Crippen LogP contribution in [0.25, 0.3) is 0 Å². The van der Waals surface area contributed by atoms with Gasteiger partial charge in [0.1, 0.15) is 5.75 Å². The van der Waals surface area contributed by atoms with Crippen LogP contribution in [0, 0.1) is 0 Å². The van der Waals surface area contributed by atoms with E-state index in [9.17, 15) is 4.79 Å². The molecule has 1 rings (SSSR count). The Balaban J connectivity index is 2.96. The molecule has 0 bridgehead atoms. The summed E-state index contributed by atoms with van der Waals surface area (Å²) in [6.45, 7) is 0. The summed E-state index contributed by atoms with van der Waals surface area (Å²) in [6, 6.07) is 6.38. The largest absolute Gasteiger partial charge is 0.508 e. The molecule has 11 heavy (non-hydrogen) atoms. The molecule has 1 N–H and O–H groups in total. The predicted molar refractivity (Wildman–Crippen MR) is 51.3 cm³/mol. The summed E-state index contributed by atoms with van der Waals surface area (Å²) in [5.74, 6) is 0.183. The molecular formula is C8H7IO2. The Bertz CT molecular complexity index is 271. The molecule has 0 fully saturated rings. The summed E-state index contributed by atoms with van der Waals surface area (Å²) in [5.41, 5.74) is 0.569. The topological polar surface area (TPSA) is 37.3 Å². The van der Waals surface area contributed by atoms with Crippen molar-refractivity contribution in [2.75, 3.05) is 4.43 Å². The predicted octanol–water partition coefficient (Wildman–Crippen LogP) is 2.01. The first-order valence-electron chi connectivity index (χ1n) is 3.12. The van der Waals surface area contributed by atoms with Crippen molar-refractivity contribution in [2.45, 2.75) is 0 Å². The Kier molecular flexibility index (Phi) is 2.87. The lowest BCUT2D eigenvalue weighted by atomic mass is 10.1. The van der Waals surface area contributed by atoms with Gasteiger partial charge in [0, 0.05) is 5.56 Å². The van der Waals surface area contributed by atoms with Gasteiger partial charge in [-0.2, -0.15) is 0 Å². The van der Waals surface area contributed by atoms with Gasteiger partial charge in [0.05, 0.1) is 4.43 Å². The van der Waals surface area contributed by atoms with Crippen molar-refractivity contribution < 1.29 is 9.90 Å². The van der Waals surface area contributed by atoms with Crippen molar-refractivity contribution in [3.63, 3.8) is 0 Å². The van der Waals surface area contributed by atoms with Gasteiger partial charge >= 0.3 is 0 Å². The molecule has 0 aliphatic carbocycles. The normalized spacial score (nSPS) is 9.55. The van der Waals surface area contributed by atoms with Crippen LogP contribution in [-0.4, -0.2) is 15.3 Å². The molecule has 58 valence electrons. The van der Waals surface area contributed by atoms with Gasteiger partial charge in [0.2, 0.25) is 0 Å². The Labute approximate surface area is 78.4 Å². The van der Waals surface area contributed by atoms with Crippen molar-refractivity contribution in [3.05, 3.63) is 29.8 Å². The van der Waals surface area contributed by atoms with Crippen LogP contribution >= 0.6 is 22.6 Å². The molecule has 0 aliphatic heterocycles. The van der Waals surface area contributed by atoms with E-state index in [0.717, 1.165) is 0 Å². The van der Waals surface area contributed by atoms with Crippen LogP contribution in [0.2, 0.25) is 0 Å². The van der Waals surface area contributed by atoms with Gasteiger partial charge in [-0.25, -0.2) is 0 Å². The summed E-state index contributed by atoms with van der Waals surface area (Å²) in [7, 11) is 0. The number of phenolic OH excluding ortho intramolecular Hbond substituents is 1. The van der Waals surface area contributed by atoms with E-state index in [1.165, 1.54) is 6.07 Å². The van der Waals surface area contributed by atoms with Gasteiger partial charge in [-0.1, -0.05) is 34.7 Å². The van der Waals surface area contributed by atoms with E-state index in [1.54, 1.807) is 18.2 Å². The lowest BCUT2D eigenvalue weighted by Gasteiger charge is -1.96. The molecule has 1 aromatic carbocycles. The third-order valence-electron chi connectivity index (χ3n) is 1.29. The SMILES string of the molecule is O=C(CI)c1cccc(O)c1.